The molecule has 1 N–H and O–H groups in total. The van der Waals surface area contributed by atoms with Gasteiger partial charge in [-0.2, -0.15) is 0 Å². The first-order valence-corrected chi connectivity index (χ1v) is 9.39. The first-order valence-electron chi connectivity index (χ1n) is 9.39. The zero-order valence-electron chi connectivity index (χ0n) is 15.8. The molecule has 0 spiro atoms. The Hall–Kier alpha value is -2.89. The maximum Gasteiger partial charge on any atom is 0.321 e. The number of carbonyl (C=O) groups is 1. The van der Waals surface area contributed by atoms with Crippen LogP contribution in [0, 0.1) is 6.92 Å². The van der Waals surface area contributed by atoms with Crippen molar-refractivity contribution in [2.24, 2.45) is 0 Å². The average Bonchev–Trinajstić information content (AvgIpc) is 2.68. The Morgan fingerprint density at radius 1 is 1.04 bits per heavy atom. The molecule has 6 heteroatoms. The van der Waals surface area contributed by atoms with E-state index >= 15 is 0 Å². The summed E-state index contributed by atoms with van der Waals surface area (Å²) in [4.78, 5) is 16.9. The highest BCUT2D eigenvalue weighted by atomic mass is 16.6. The molecule has 1 fully saturated rings. The number of anilines is 2. The molecule has 0 bridgehead atoms. The maximum absolute atomic E-state index is 12.7. The summed E-state index contributed by atoms with van der Waals surface area (Å²) < 4.78 is 11.1. The number of urea groups is 1. The molecule has 1 saturated heterocycles. The van der Waals surface area contributed by atoms with E-state index in [1.807, 2.05) is 23.1 Å². The van der Waals surface area contributed by atoms with Gasteiger partial charge in [-0.05, 0) is 38.1 Å². The molecule has 4 rings (SSSR count). The van der Waals surface area contributed by atoms with E-state index in [9.17, 15) is 4.79 Å². The van der Waals surface area contributed by atoms with Crippen LogP contribution in [0.4, 0.5) is 16.2 Å². The normalized spacial score (nSPS) is 19.0. The van der Waals surface area contributed by atoms with E-state index in [0.717, 1.165) is 18.0 Å². The SMILES string of the molecule is Cc1ccc(N2CCN(C(=O)Nc3ccc4c(c3)OCCO4)C[C@H]2C)cc1. The van der Waals surface area contributed by atoms with Crippen molar-refractivity contribution in [2.45, 2.75) is 19.9 Å². The van der Waals surface area contributed by atoms with Gasteiger partial charge in [-0.15, -0.1) is 0 Å². The van der Waals surface area contributed by atoms with Crippen LogP contribution >= 0.6 is 0 Å². The number of carbonyl (C=O) groups excluding carboxylic acids is 1. The minimum Gasteiger partial charge on any atom is -0.486 e. The highest BCUT2D eigenvalue weighted by molar-refractivity contribution is 5.90. The van der Waals surface area contributed by atoms with Crippen LogP contribution < -0.4 is 19.7 Å². The molecule has 0 aliphatic carbocycles. The molecule has 0 unspecified atom stereocenters. The van der Waals surface area contributed by atoms with Crippen LogP contribution in [0.25, 0.3) is 0 Å². The Morgan fingerprint density at radius 3 is 2.52 bits per heavy atom. The molecule has 2 aromatic rings. The van der Waals surface area contributed by atoms with Crippen LogP contribution in [-0.2, 0) is 0 Å². The quantitative estimate of drug-likeness (QED) is 0.883. The Balaban J connectivity index is 1.38. The second-order valence-electron chi connectivity index (χ2n) is 7.11. The number of rotatable bonds is 2. The molecule has 1 atom stereocenters. The number of ether oxygens (including phenoxy) is 2. The maximum atomic E-state index is 12.7. The van der Waals surface area contributed by atoms with Gasteiger partial charge in [-0.1, -0.05) is 17.7 Å². The summed E-state index contributed by atoms with van der Waals surface area (Å²) in [5.41, 5.74) is 3.18. The monoisotopic (exact) mass is 367 g/mol. The first-order chi connectivity index (χ1) is 13.1. The van der Waals surface area contributed by atoms with Crippen LogP contribution in [0.1, 0.15) is 12.5 Å². The average molecular weight is 367 g/mol. The van der Waals surface area contributed by atoms with Gasteiger partial charge in [0.2, 0.25) is 0 Å². The second-order valence-corrected chi connectivity index (χ2v) is 7.11. The van der Waals surface area contributed by atoms with Gasteiger partial charge >= 0.3 is 6.03 Å². The Bertz CT molecular complexity index is 822. The first kappa shape index (κ1) is 17.5. The molecule has 2 aliphatic heterocycles. The van der Waals surface area contributed by atoms with Crippen molar-refractivity contribution < 1.29 is 14.3 Å². The summed E-state index contributed by atoms with van der Waals surface area (Å²) in [7, 11) is 0. The summed E-state index contributed by atoms with van der Waals surface area (Å²) in [6.07, 6.45) is 0. The van der Waals surface area contributed by atoms with Crippen molar-refractivity contribution >= 4 is 17.4 Å². The lowest BCUT2D eigenvalue weighted by Crippen LogP contribution is -2.54. The van der Waals surface area contributed by atoms with E-state index in [1.165, 1.54) is 11.3 Å². The second kappa shape index (κ2) is 7.39. The Labute approximate surface area is 159 Å². The lowest BCUT2D eigenvalue weighted by atomic mass is 10.1. The van der Waals surface area contributed by atoms with Gasteiger partial charge in [-0.25, -0.2) is 4.79 Å². The van der Waals surface area contributed by atoms with Gasteiger partial charge < -0.3 is 24.6 Å². The number of nitrogens with zero attached hydrogens (tertiary/aromatic N) is 2. The summed E-state index contributed by atoms with van der Waals surface area (Å²) in [6, 6.07) is 14.2. The standard InChI is InChI=1S/C21H25N3O3/c1-15-3-6-18(7-4-15)24-10-9-23(14-16(24)2)21(25)22-17-5-8-19-20(13-17)27-12-11-26-19/h3-8,13,16H,9-12,14H2,1-2H3,(H,22,25)/t16-/m1/s1. The Kier molecular flexibility index (Phi) is 4.79. The fourth-order valence-electron chi connectivity index (χ4n) is 3.59. The summed E-state index contributed by atoms with van der Waals surface area (Å²) in [5, 5.41) is 2.98. The molecule has 6 nitrogen and oxygen atoms in total. The molecule has 142 valence electrons. The van der Waals surface area contributed by atoms with Gasteiger partial charge in [0.1, 0.15) is 13.2 Å². The molecule has 27 heavy (non-hydrogen) atoms. The van der Waals surface area contributed by atoms with E-state index in [1.54, 1.807) is 0 Å². The third kappa shape index (κ3) is 3.79. The Morgan fingerprint density at radius 2 is 1.78 bits per heavy atom. The summed E-state index contributed by atoms with van der Waals surface area (Å²) >= 11 is 0. The number of nitrogens with one attached hydrogen (secondary N) is 1. The van der Waals surface area contributed by atoms with Crippen molar-refractivity contribution in [3.05, 3.63) is 48.0 Å². The molecular formula is C21H25N3O3. The van der Waals surface area contributed by atoms with Crippen molar-refractivity contribution in [3.63, 3.8) is 0 Å². The van der Waals surface area contributed by atoms with Gasteiger partial charge in [0.05, 0.1) is 0 Å². The van der Waals surface area contributed by atoms with Crippen LogP contribution in [0.5, 0.6) is 11.5 Å². The topological polar surface area (TPSA) is 54.0 Å². The number of benzene rings is 2. The minimum atomic E-state index is -0.0814. The van der Waals surface area contributed by atoms with Crippen LogP contribution in [0.2, 0.25) is 0 Å². The molecule has 2 heterocycles. The fourth-order valence-corrected chi connectivity index (χ4v) is 3.59. The zero-order chi connectivity index (χ0) is 18.8. The largest absolute Gasteiger partial charge is 0.486 e. The smallest absolute Gasteiger partial charge is 0.321 e. The summed E-state index contributed by atoms with van der Waals surface area (Å²) in [5.74, 6) is 1.40. The van der Waals surface area contributed by atoms with Gasteiger partial charge in [0.15, 0.2) is 11.5 Å². The fraction of sp³-hybridized carbons (Fsp3) is 0.381. The van der Waals surface area contributed by atoms with Gasteiger partial charge in [0.25, 0.3) is 0 Å². The molecule has 0 radical (unpaired) electrons. The van der Waals surface area contributed by atoms with Crippen LogP contribution in [-0.4, -0.2) is 49.8 Å². The van der Waals surface area contributed by atoms with Gasteiger partial charge in [0, 0.05) is 43.1 Å². The highest BCUT2D eigenvalue weighted by Gasteiger charge is 2.27. The van der Waals surface area contributed by atoms with Crippen molar-refractivity contribution in [3.8, 4) is 11.5 Å². The zero-order valence-corrected chi connectivity index (χ0v) is 15.8. The van der Waals surface area contributed by atoms with E-state index in [2.05, 4.69) is 48.3 Å². The third-order valence-corrected chi connectivity index (χ3v) is 5.07. The number of hydrogen-bond acceptors (Lipinski definition) is 4. The van der Waals surface area contributed by atoms with E-state index in [0.29, 0.717) is 32.1 Å². The summed E-state index contributed by atoms with van der Waals surface area (Å²) in [6.45, 7) is 7.53. The molecule has 0 saturated carbocycles. The van der Waals surface area contributed by atoms with E-state index in [-0.39, 0.29) is 12.1 Å². The number of amides is 2. The van der Waals surface area contributed by atoms with Crippen molar-refractivity contribution in [1.29, 1.82) is 0 Å². The molecular weight excluding hydrogens is 342 g/mol. The molecule has 2 aliphatic rings. The minimum absolute atomic E-state index is 0.0814. The van der Waals surface area contributed by atoms with Crippen LogP contribution in [0.3, 0.4) is 0 Å². The highest BCUT2D eigenvalue weighted by Crippen LogP contribution is 2.32. The number of aryl methyl sites for hydroxylation is 1. The van der Waals surface area contributed by atoms with E-state index < -0.39 is 0 Å². The predicted molar refractivity (Wildman–Crippen MR) is 106 cm³/mol. The molecule has 2 amide bonds. The molecule has 2 aromatic carbocycles. The van der Waals surface area contributed by atoms with Gasteiger partial charge in [-0.3, -0.25) is 0 Å². The van der Waals surface area contributed by atoms with Crippen molar-refractivity contribution in [2.75, 3.05) is 43.1 Å². The lowest BCUT2D eigenvalue weighted by molar-refractivity contribution is 0.171. The number of hydrogen-bond donors (Lipinski definition) is 1. The number of fused-ring (bicyclic) bond motifs is 1. The third-order valence-electron chi connectivity index (χ3n) is 5.07. The van der Waals surface area contributed by atoms with Crippen LogP contribution in [0.15, 0.2) is 42.5 Å². The predicted octanol–water partition coefficient (Wildman–Crippen LogP) is 3.51. The molecule has 0 aromatic heterocycles. The van der Waals surface area contributed by atoms with Crippen molar-refractivity contribution in [1.82, 2.24) is 4.90 Å². The van der Waals surface area contributed by atoms with E-state index in [4.69, 9.17) is 9.47 Å². The lowest BCUT2D eigenvalue weighted by Gasteiger charge is -2.41. The number of piperazine rings is 1.